The summed E-state index contributed by atoms with van der Waals surface area (Å²) in [7, 11) is -2.26. The van der Waals surface area contributed by atoms with E-state index in [1.807, 2.05) is 0 Å². The van der Waals surface area contributed by atoms with Crippen LogP contribution >= 0.6 is 11.8 Å². The Balaban J connectivity index is 1.33. The molecule has 2 saturated heterocycles. The molecule has 2 aromatic carbocycles. The van der Waals surface area contributed by atoms with Gasteiger partial charge in [0.15, 0.2) is 0 Å². The third-order valence-corrected chi connectivity index (χ3v) is 8.72. The van der Waals surface area contributed by atoms with Crippen LogP contribution in [0.5, 0.6) is 11.5 Å². The molecule has 2 N–H and O–H groups in total. The fourth-order valence-corrected chi connectivity index (χ4v) is 6.17. The number of hydrogen-bond acceptors (Lipinski definition) is 9. The zero-order valence-corrected chi connectivity index (χ0v) is 22.2. The van der Waals surface area contributed by atoms with E-state index in [0.717, 1.165) is 22.2 Å². The molecule has 2 aliphatic rings. The molecule has 0 atom stereocenters. The standard InChI is InChI=1S/C25H27N3O8S2/c1-35-18-6-4-17(5-7-18)15-22-24(31)28(25(32)37-22)10-2-3-23(30)26-20-16-19(8-9-21(20)29)38(33,34)27-11-13-36-14-12-27/h4-9,15-16,29H,2-3,10-14H2,1H3,(H,26,30)/b22-15-. The lowest BCUT2D eigenvalue weighted by Gasteiger charge is -2.26. The third-order valence-electron chi connectivity index (χ3n) is 5.92. The first-order valence-corrected chi connectivity index (χ1v) is 14.0. The Hall–Kier alpha value is -3.39. The molecular formula is C25H27N3O8S2. The molecule has 2 aliphatic heterocycles. The minimum absolute atomic E-state index is 0.0372. The molecule has 4 rings (SSSR count). The third kappa shape index (κ3) is 6.35. The number of phenols is 1. The number of aromatic hydroxyl groups is 1. The molecule has 0 bridgehead atoms. The van der Waals surface area contributed by atoms with Crippen molar-refractivity contribution in [2.45, 2.75) is 17.7 Å². The van der Waals surface area contributed by atoms with Crippen molar-refractivity contribution in [1.82, 2.24) is 9.21 Å². The minimum atomic E-state index is -3.81. The van der Waals surface area contributed by atoms with Crippen molar-refractivity contribution in [3.63, 3.8) is 0 Å². The Morgan fingerprint density at radius 1 is 1.16 bits per heavy atom. The lowest BCUT2D eigenvalue weighted by atomic mass is 10.2. The van der Waals surface area contributed by atoms with Gasteiger partial charge >= 0.3 is 0 Å². The molecular weight excluding hydrogens is 534 g/mol. The first-order chi connectivity index (χ1) is 18.2. The predicted octanol–water partition coefficient (Wildman–Crippen LogP) is 2.88. The van der Waals surface area contributed by atoms with Gasteiger partial charge in [0, 0.05) is 26.1 Å². The molecule has 38 heavy (non-hydrogen) atoms. The van der Waals surface area contributed by atoms with E-state index in [1.165, 1.54) is 22.5 Å². The van der Waals surface area contributed by atoms with Crippen molar-refractivity contribution < 1.29 is 37.4 Å². The van der Waals surface area contributed by atoms with Gasteiger partial charge in [-0.05, 0) is 60.2 Å². The number of carbonyl (C=O) groups excluding carboxylic acids is 3. The zero-order valence-electron chi connectivity index (χ0n) is 20.6. The molecule has 0 saturated carbocycles. The Morgan fingerprint density at radius 2 is 1.87 bits per heavy atom. The highest BCUT2D eigenvalue weighted by atomic mass is 32.2. The lowest BCUT2D eigenvalue weighted by Crippen LogP contribution is -2.40. The number of thioether (sulfide) groups is 1. The number of nitrogens with one attached hydrogen (secondary N) is 1. The molecule has 202 valence electrons. The molecule has 13 heteroatoms. The van der Waals surface area contributed by atoms with Crippen LogP contribution in [-0.4, -0.2) is 79.7 Å². The van der Waals surface area contributed by atoms with Gasteiger partial charge in [0.2, 0.25) is 15.9 Å². The number of amides is 3. The molecule has 0 unspecified atom stereocenters. The van der Waals surface area contributed by atoms with Gasteiger partial charge < -0.3 is 19.9 Å². The van der Waals surface area contributed by atoms with E-state index in [-0.39, 0.29) is 53.7 Å². The number of sulfonamides is 1. The Morgan fingerprint density at radius 3 is 2.55 bits per heavy atom. The van der Waals surface area contributed by atoms with Crippen molar-refractivity contribution in [2.75, 3.05) is 45.3 Å². The van der Waals surface area contributed by atoms with E-state index in [0.29, 0.717) is 19.0 Å². The normalized spacial score (nSPS) is 17.7. The number of hydrogen-bond donors (Lipinski definition) is 2. The first kappa shape index (κ1) is 27.6. The summed E-state index contributed by atoms with van der Waals surface area (Å²) in [5, 5.41) is 12.2. The number of benzene rings is 2. The fourth-order valence-electron chi connectivity index (χ4n) is 3.87. The monoisotopic (exact) mass is 561 g/mol. The zero-order chi connectivity index (χ0) is 27.3. The number of rotatable bonds is 9. The summed E-state index contributed by atoms with van der Waals surface area (Å²) < 4.78 is 37.4. The summed E-state index contributed by atoms with van der Waals surface area (Å²) in [6.07, 6.45) is 1.75. The van der Waals surface area contributed by atoms with Crippen molar-refractivity contribution in [1.29, 1.82) is 0 Å². The first-order valence-electron chi connectivity index (χ1n) is 11.8. The number of ether oxygens (including phenoxy) is 2. The van der Waals surface area contributed by atoms with Gasteiger partial charge in [-0.25, -0.2) is 8.42 Å². The van der Waals surface area contributed by atoms with Crippen LogP contribution in [0.1, 0.15) is 18.4 Å². The summed E-state index contributed by atoms with van der Waals surface area (Å²) in [4.78, 5) is 38.9. The molecule has 2 aromatic rings. The molecule has 0 spiro atoms. The van der Waals surface area contributed by atoms with Crippen LogP contribution in [0.2, 0.25) is 0 Å². The number of methoxy groups -OCH3 is 1. The highest BCUT2D eigenvalue weighted by Gasteiger charge is 2.34. The summed E-state index contributed by atoms with van der Waals surface area (Å²) in [6, 6.07) is 10.7. The summed E-state index contributed by atoms with van der Waals surface area (Å²) in [6.45, 7) is 1.05. The average Bonchev–Trinajstić information content (AvgIpc) is 3.18. The van der Waals surface area contributed by atoms with E-state index in [2.05, 4.69) is 5.32 Å². The Labute approximate surface area is 224 Å². The van der Waals surface area contributed by atoms with Crippen molar-refractivity contribution in [3.05, 3.63) is 52.9 Å². The van der Waals surface area contributed by atoms with Crippen LogP contribution in [0.25, 0.3) is 6.08 Å². The van der Waals surface area contributed by atoms with Crippen LogP contribution in [-0.2, 0) is 24.3 Å². The number of phenolic OH excluding ortho intramolecular Hbond substituents is 1. The van der Waals surface area contributed by atoms with Crippen LogP contribution in [0.4, 0.5) is 10.5 Å². The topological polar surface area (TPSA) is 143 Å². The summed E-state index contributed by atoms with van der Waals surface area (Å²) in [5.74, 6) is -0.543. The van der Waals surface area contributed by atoms with Gasteiger partial charge in [-0.1, -0.05) is 12.1 Å². The van der Waals surface area contributed by atoms with E-state index in [4.69, 9.17) is 9.47 Å². The maximum atomic E-state index is 12.9. The Bertz CT molecular complexity index is 1350. The van der Waals surface area contributed by atoms with Gasteiger partial charge in [0.05, 0.1) is 35.8 Å². The molecule has 0 aromatic heterocycles. The van der Waals surface area contributed by atoms with Crippen LogP contribution in [0, 0.1) is 0 Å². The SMILES string of the molecule is COc1ccc(/C=C2\SC(=O)N(CCCC(=O)Nc3cc(S(=O)(=O)N4CCOCC4)ccc3O)C2=O)cc1. The number of anilines is 1. The molecule has 3 amide bonds. The average molecular weight is 562 g/mol. The molecule has 0 aliphatic carbocycles. The molecule has 2 fully saturated rings. The molecule has 11 nitrogen and oxygen atoms in total. The van der Waals surface area contributed by atoms with Gasteiger partial charge in [0.1, 0.15) is 11.5 Å². The van der Waals surface area contributed by atoms with Gasteiger partial charge in [-0.2, -0.15) is 4.31 Å². The number of morpholine rings is 1. The highest BCUT2D eigenvalue weighted by Crippen LogP contribution is 2.33. The van der Waals surface area contributed by atoms with E-state index in [1.54, 1.807) is 37.5 Å². The second-order valence-electron chi connectivity index (χ2n) is 8.45. The summed E-state index contributed by atoms with van der Waals surface area (Å²) >= 11 is 0.831. The van der Waals surface area contributed by atoms with Crippen LogP contribution in [0.3, 0.4) is 0 Å². The van der Waals surface area contributed by atoms with Crippen LogP contribution < -0.4 is 10.1 Å². The van der Waals surface area contributed by atoms with Gasteiger partial charge in [-0.3, -0.25) is 19.3 Å². The van der Waals surface area contributed by atoms with Crippen LogP contribution in [0.15, 0.2) is 52.3 Å². The second kappa shape index (κ2) is 12.0. The summed E-state index contributed by atoms with van der Waals surface area (Å²) in [5.41, 5.74) is 0.700. The fraction of sp³-hybridized carbons (Fsp3) is 0.320. The largest absolute Gasteiger partial charge is 0.506 e. The second-order valence-corrected chi connectivity index (χ2v) is 11.4. The van der Waals surface area contributed by atoms with E-state index in [9.17, 15) is 27.9 Å². The van der Waals surface area contributed by atoms with Crippen molar-refractivity contribution >= 4 is 50.6 Å². The lowest BCUT2D eigenvalue weighted by molar-refractivity contribution is -0.123. The number of nitrogens with zero attached hydrogens (tertiary/aromatic N) is 2. The van der Waals surface area contributed by atoms with E-state index < -0.39 is 27.1 Å². The maximum absolute atomic E-state index is 12.9. The Kier molecular flexibility index (Phi) is 8.72. The van der Waals surface area contributed by atoms with Crippen molar-refractivity contribution in [2.24, 2.45) is 0 Å². The predicted molar refractivity (Wildman–Crippen MR) is 141 cm³/mol. The highest BCUT2D eigenvalue weighted by molar-refractivity contribution is 8.18. The quantitative estimate of drug-likeness (QED) is 0.349. The minimum Gasteiger partial charge on any atom is -0.506 e. The van der Waals surface area contributed by atoms with Gasteiger partial charge in [0.25, 0.3) is 11.1 Å². The maximum Gasteiger partial charge on any atom is 0.293 e. The van der Waals surface area contributed by atoms with Crippen molar-refractivity contribution in [3.8, 4) is 11.5 Å². The molecule has 0 radical (unpaired) electrons. The smallest absolute Gasteiger partial charge is 0.293 e. The number of carbonyl (C=O) groups is 3. The molecule has 2 heterocycles. The number of imide groups is 1. The van der Waals surface area contributed by atoms with E-state index >= 15 is 0 Å². The van der Waals surface area contributed by atoms with Gasteiger partial charge in [-0.15, -0.1) is 0 Å².